The van der Waals surface area contributed by atoms with Gasteiger partial charge in [0.25, 0.3) is 0 Å². The summed E-state index contributed by atoms with van der Waals surface area (Å²) in [5.74, 6) is -0.726. The van der Waals surface area contributed by atoms with Crippen molar-refractivity contribution >= 4 is 53.6 Å². The molecule has 1 aromatic carbocycles. The molecular formula is C27H33IN4O5S2. The SMILES string of the molecule is Cc1ncsc1-c1ccc(CNC(=O)[C@@H]2C[C@@H](O)CN2C(=O)C(c2cc(CCCOSI)no2)C(C)C)cc1. The molecule has 9 nitrogen and oxygen atoms in total. The minimum absolute atomic E-state index is 0.0841. The van der Waals surface area contributed by atoms with Crippen LogP contribution in [0.15, 0.2) is 40.4 Å². The lowest BCUT2D eigenvalue weighted by molar-refractivity contribution is -0.141. The molecule has 4 rings (SSSR count). The number of aliphatic hydroxyl groups is 1. The van der Waals surface area contributed by atoms with E-state index < -0.39 is 18.1 Å². The minimum atomic E-state index is -0.763. The highest BCUT2D eigenvalue weighted by atomic mass is 127. The van der Waals surface area contributed by atoms with E-state index in [0.29, 0.717) is 25.3 Å². The molecule has 3 atom stereocenters. The lowest BCUT2D eigenvalue weighted by atomic mass is 9.91. The first-order valence-electron chi connectivity index (χ1n) is 12.9. The van der Waals surface area contributed by atoms with E-state index in [1.165, 1.54) is 14.1 Å². The zero-order chi connectivity index (χ0) is 27.9. The molecule has 0 saturated carbocycles. The maximum Gasteiger partial charge on any atom is 0.243 e. The van der Waals surface area contributed by atoms with Gasteiger partial charge in [-0.3, -0.25) is 9.59 Å². The minimum Gasteiger partial charge on any atom is -0.391 e. The van der Waals surface area contributed by atoms with E-state index in [4.69, 9.17) is 8.71 Å². The van der Waals surface area contributed by atoms with Gasteiger partial charge in [-0.1, -0.05) is 43.3 Å². The second-order valence-corrected chi connectivity index (χ2v) is 12.3. The molecule has 12 heteroatoms. The third-order valence-corrected chi connectivity index (χ3v) is 8.81. The first kappa shape index (κ1) is 30.0. The molecule has 210 valence electrons. The number of amides is 2. The molecule has 0 bridgehead atoms. The summed E-state index contributed by atoms with van der Waals surface area (Å²) < 4.78 is 10.9. The highest BCUT2D eigenvalue weighted by Gasteiger charge is 2.43. The van der Waals surface area contributed by atoms with Gasteiger partial charge in [0.05, 0.1) is 43.7 Å². The molecule has 1 aliphatic rings. The van der Waals surface area contributed by atoms with E-state index in [1.54, 1.807) is 11.3 Å². The van der Waals surface area contributed by atoms with Gasteiger partial charge in [0.1, 0.15) is 17.7 Å². The van der Waals surface area contributed by atoms with Gasteiger partial charge in [-0.05, 0) is 36.8 Å². The number of carbonyl (C=O) groups is 2. The Bertz CT molecular complexity index is 1250. The molecule has 1 fully saturated rings. The number of hydrogen-bond donors (Lipinski definition) is 2. The summed E-state index contributed by atoms with van der Waals surface area (Å²) >= 11 is 3.67. The smallest absolute Gasteiger partial charge is 0.243 e. The summed E-state index contributed by atoms with van der Waals surface area (Å²) in [5.41, 5.74) is 5.62. The van der Waals surface area contributed by atoms with Crippen LogP contribution in [-0.4, -0.2) is 57.3 Å². The van der Waals surface area contributed by atoms with Crippen LogP contribution >= 0.6 is 41.8 Å². The molecule has 1 aliphatic heterocycles. The fourth-order valence-corrected chi connectivity index (χ4v) is 6.35. The van der Waals surface area contributed by atoms with Crippen LogP contribution in [0.4, 0.5) is 0 Å². The number of thiazole rings is 1. The van der Waals surface area contributed by atoms with Gasteiger partial charge in [-0.2, -0.15) is 0 Å². The van der Waals surface area contributed by atoms with Crippen molar-refractivity contribution in [3.8, 4) is 10.4 Å². The van der Waals surface area contributed by atoms with E-state index >= 15 is 0 Å². The Hall–Kier alpha value is -2.00. The zero-order valence-electron chi connectivity index (χ0n) is 22.1. The van der Waals surface area contributed by atoms with E-state index in [0.717, 1.165) is 33.8 Å². The van der Waals surface area contributed by atoms with Crippen molar-refractivity contribution in [1.29, 1.82) is 0 Å². The molecule has 1 unspecified atom stereocenters. The number of carbonyl (C=O) groups excluding carboxylic acids is 2. The highest BCUT2D eigenvalue weighted by Crippen LogP contribution is 2.32. The Morgan fingerprint density at radius 3 is 2.77 bits per heavy atom. The van der Waals surface area contributed by atoms with Crippen molar-refractivity contribution in [3.05, 3.63) is 58.6 Å². The van der Waals surface area contributed by atoms with Crippen LogP contribution in [0.5, 0.6) is 0 Å². The average Bonchev–Trinajstić information content (AvgIpc) is 3.65. The number of likely N-dealkylation sites (tertiary alicyclic amines) is 1. The van der Waals surface area contributed by atoms with Gasteiger partial charge in [-0.15, -0.1) is 11.3 Å². The Balaban J connectivity index is 1.40. The summed E-state index contributed by atoms with van der Waals surface area (Å²) in [4.78, 5) is 33.9. The standard InChI is InChI=1S/C27H33IN4O5S2/c1-16(2)24(23-11-20(31-37-23)5-4-10-36-39-28)27(35)32-14-21(33)12-22(32)26(34)29-13-18-6-8-19(9-7-18)25-17(3)30-15-38-25/h6-9,11,15-16,21-22,24,33H,4-5,10,12-14H2,1-3H3,(H,29,34)/t21-,22+,24?/m1/s1. The van der Waals surface area contributed by atoms with Gasteiger partial charge in [0, 0.05) is 46.8 Å². The van der Waals surface area contributed by atoms with Crippen LogP contribution in [-0.2, 0) is 26.7 Å². The number of nitrogens with one attached hydrogen (secondary N) is 1. The summed E-state index contributed by atoms with van der Waals surface area (Å²) in [6.45, 7) is 6.89. The van der Waals surface area contributed by atoms with Gasteiger partial charge in [-0.25, -0.2) is 4.98 Å². The second-order valence-electron chi connectivity index (χ2n) is 10.0. The van der Waals surface area contributed by atoms with Crippen molar-refractivity contribution in [1.82, 2.24) is 20.4 Å². The zero-order valence-corrected chi connectivity index (χ0v) is 25.9. The van der Waals surface area contributed by atoms with Gasteiger partial charge in [0.2, 0.25) is 11.8 Å². The largest absolute Gasteiger partial charge is 0.391 e. The number of aryl methyl sites for hydroxylation is 2. The van der Waals surface area contributed by atoms with Gasteiger partial charge in [0.15, 0.2) is 0 Å². The molecule has 3 heterocycles. The van der Waals surface area contributed by atoms with Crippen LogP contribution in [0.2, 0.25) is 0 Å². The lowest BCUT2D eigenvalue weighted by Gasteiger charge is -2.28. The van der Waals surface area contributed by atoms with E-state index in [9.17, 15) is 14.7 Å². The summed E-state index contributed by atoms with van der Waals surface area (Å²) in [5, 5.41) is 17.5. The fourth-order valence-electron chi connectivity index (χ4n) is 4.82. The van der Waals surface area contributed by atoms with E-state index in [-0.39, 0.29) is 30.7 Å². The molecule has 0 aliphatic carbocycles. The molecule has 2 amide bonds. The maximum absolute atomic E-state index is 13.7. The number of β-amino-alcohol motifs (C(OH)–C–C–N with tert-alkyl or cyclic N) is 1. The Labute approximate surface area is 248 Å². The first-order chi connectivity index (χ1) is 18.8. The first-order valence-corrected chi connectivity index (χ1v) is 17.1. The van der Waals surface area contributed by atoms with Gasteiger partial charge >= 0.3 is 0 Å². The van der Waals surface area contributed by atoms with Crippen molar-refractivity contribution in [2.75, 3.05) is 13.2 Å². The normalized spacial score (nSPS) is 18.1. The van der Waals surface area contributed by atoms with E-state index in [1.807, 2.05) is 56.6 Å². The van der Waals surface area contributed by atoms with E-state index in [2.05, 4.69) is 36.7 Å². The van der Waals surface area contributed by atoms with Crippen molar-refractivity contribution in [2.45, 2.75) is 64.6 Å². The molecule has 3 aromatic rings. The number of aromatic nitrogens is 2. The number of rotatable bonds is 12. The summed E-state index contributed by atoms with van der Waals surface area (Å²) in [7, 11) is 1.29. The van der Waals surface area contributed by atoms with Crippen molar-refractivity contribution in [2.24, 2.45) is 5.92 Å². The number of halogens is 1. The maximum atomic E-state index is 13.7. The van der Waals surface area contributed by atoms with Crippen LogP contribution in [0.3, 0.4) is 0 Å². The number of hydrogen-bond acceptors (Lipinski definition) is 9. The summed E-state index contributed by atoms with van der Waals surface area (Å²) in [6, 6.07) is 9.06. The average molecular weight is 685 g/mol. The predicted molar refractivity (Wildman–Crippen MR) is 160 cm³/mol. The third-order valence-electron chi connectivity index (χ3n) is 6.81. The molecule has 0 spiro atoms. The number of nitrogens with zero attached hydrogens (tertiary/aromatic N) is 3. The molecule has 2 aromatic heterocycles. The molecule has 0 radical (unpaired) electrons. The quantitative estimate of drug-likeness (QED) is 0.154. The number of aliphatic hydroxyl groups excluding tert-OH is 1. The topological polar surface area (TPSA) is 118 Å². The fraction of sp³-hybridized carbons (Fsp3) is 0.481. The van der Waals surface area contributed by atoms with Crippen molar-refractivity contribution in [3.63, 3.8) is 0 Å². The third kappa shape index (κ3) is 7.60. The highest BCUT2D eigenvalue weighted by molar-refractivity contribution is 14.2. The number of benzene rings is 1. The second kappa shape index (κ2) is 14.1. The van der Waals surface area contributed by atoms with Crippen molar-refractivity contribution < 1.29 is 23.4 Å². The predicted octanol–water partition coefficient (Wildman–Crippen LogP) is 5.07. The molecular weight excluding hydrogens is 651 g/mol. The van der Waals surface area contributed by atoms with Crippen LogP contribution in [0, 0.1) is 12.8 Å². The molecule has 2 N–H and O–H groups in total. The van der Waals surface area contributed by atoms with Crippen LogP contribution < -0.4 is 5.32 Å². The summed E-state index contributed by atoms with van der Waals surface area (Å²) in [6.07, 6.45) is 0.900. The lowest BCUT2D eigenvalue weighted by Crippen LogP contribution is -2.48. The Kier molecular flexibility index (Phi) is 10.8. The van der Waals surface area contributed by atoms with Crippen LogP contribution in [0.25, 0.3) is 10.4 Å². The van der Waals surface area contributed by atoms with Gasteiger partial charge < -0.3 is 24.0 Å². The molecule has 39 heavy (non-hydrogen) atoms. The monoisotopic (exact) mass is 684 g/mol. The van der Waals surface area contributed by atoms with Crippen LogP contribution in [0.1, 0.15) is 55.3 Å². The Morgan fingerprint density at radius 1 is 1.33 bits per heavy atom. The Morgan fingerprint density at radius 2 is 2.10 bits per heavy atom. The molecule has 1 saturated heterocycles.